The second-order valence-electron chi connectivity index (χ2n) is 6.05. The zero-order valence-electron chi connectivity index (χ0n) is 13.0. The first-order valence-corrected chi connectivity index (χ1v) is 7.93. The van der Waals surface area contributed by atoms with Crippen molar-refractivity contribution >= 4 is 0 Å². The lowest BCUT2D eigenvalue weighted by Crippen LogP contribution is -3.00. The molecule has 22 heavy (non-hydrogen) atoms. The van der Waals surface area contributed by atoms with Crippen LogP contribution in [0.2, 0.25) is 0 Å². The molecule has 1 aromatic heterocycles. The Morgan fingerprint density at radius 3 is 2.45 bits per heavy atom. The highest BCUT2D eigenvalue weighted by Crippen LogP contribution is 2.24. The molecule has 3 nitrogen and oxygen atoms in total. The molecule has 4 heteroatoms. The number of aliphatic hydroxyl groups is 1. The fourth-order valence-electron chi connectivity index (χ4n) is 3.04. The van der Waals surface area contributed by atoms with Crippen LogP contribution in [0.3, 0.4) is 0 Å². The molecule has 1 heterocycles. The molecule has 1 saturated carbocycles. The van der Waals surface area contributed by atoms with Gasteiger partial charge in [0.1, 0.15) is 12.3 Å². The second kappa shape index (κ2) is 7.82. The molecule has 1 aliphatic rings. The third-order valence-electron chi connectivity index (χ3n) is 4.39. The molecular weight excluding hydrogens is 298 g/mol. The van der Waals surface area contributed by atoms with Crippen LogP contribution in [0.25, 0.3) is 11.3 Å². The number of furan rings is 1. The SMILES string of the molecule is CC(O)c1ccc(-c2ccc(C[NH2+]C3CCCC3)o2)cc1.[Cl-]. The van der Waals surface area contributed by atoms with Crippen molar-refractivity contribution in [1.29, 1.82) is 0 Å². The van der Waals surface area contributed by atoms with E-state index in [4.69, 9.17) is 4.42 Å². The summed E-state index contributed by atoms with van der Waals surface area (Å²) in [5.41, 5.74) is 1.99. The summed E-state index contributed by atoms with van der Waals surface area (Å²) in [6, 6.07) is 12.8. The molecule has 0 radical (unpaired) electrons. The molecule has 3 N–H and O–H groups in total. The molecule has 0 saturated heterocycles. The van der Waals surface area contributed by atoms with Gasteiger partial charge in [-0.2, -0.15) is 0 Å². The molecule has 0 amide bonds. The second-order valence-corrected chi connectivity index (χ2v) is 6.05. The fourth-order valence-corrected chi connectivity index (χ4v) is 3.04. The number of rotatable bonds is 5. The number of quaternary nitrogens is 1. The fraction of sp³-hybridized carbons (Fsp3) is 0.444. The summed E-state index contributed by atoms with van der Waals surface area (Å²) in [6.07, 6.45) is 5.01. The summed E-state index contributed by atoms with van der Waals surface area (Å²) in [5.74, 6) is 1.94. The van der Waals surface area contributed by atoms with Crippen molar-refractivity contribution in [3.63, 3.8) is 0 Å². The number of hydrogen-bond acceptors (Lipinski definition) is 2. The standard InChI is InChI=1S/C18H23NO2.ClH/c1-13(20)14-6-8-15(9-7-14)18-11-10-17(21-18)12-19-16-4-2-3-5-16;/h6-11,13,16,19-20H,2-5,12H2,1H3;1H. The normalized spacial score (nSPS) is 16.5. The zero-order valence-corrected chi connectivity index (χ0v) is 13.7. The lowest BCUT2D eigenvalue weighted by Gasteiger charge is -2.06. The molecule has 120 valence electrons. The Balaban J connectivity index is 0.00000176. The minimum Gasteiger partial charge on any atom is -1.00 e. The van der Waals surface area contributed by atoms with Crippen molar-refractivity contribution < 1.29 is 27.2 Å². The topological polar surface area (TPSA) is 50.0 Å². The van der Waals surface area contributed by atoms with E-state index >= 15 is 0 Å². The third-order valence-corrected chi connectivity index (χ3v) is 4.39. The third kappa shape index (κ3) is 4.13. The first kappa shape index (κ1) is 17.1. The van der Waals surface area contributed by atoms with E-state index in [1.807, 2.05) is 30.3 Å². The van der Waals surface area contributed by atoms with Gasteiger partial charge in [0.25, 0.3) is 0 Å². The average Bonchev–Trinajstić information content (AvgIpc) is 3.17. The van der Waals surface area contributed by atoms with E-state index in [9.17, 15) is 5.11 Å². The average molecular weight is 322 g/mol. The maximum atomic E-state index is 9.54. The van der Waals surface area contributed by atoms with Crippen LogP contribution in [-0.4, -0.2) is 11.1 Å². The molecular formula is C18H24ClNO2. The van der Waals surface area contributed by atoms with Gasteiger partial charge in [0, 0.05) is 5.56 Å². The van der Waals surface area contributed by atoms with E-state index in [1.165, 1.54) is 25.7 Å². The van der Waals surface area contributed by atoms with Crippen molar-refractivity contribution in [1.82, 2.24) is 0 Å². The molecule has 2 aromatic rings. The molecule has 3 rings (SSSR count). The molecule has 1 atom stereocenters. The summed E-state index contributed by atoms with van der Waals surface area (Å²) < 4.78 is 5.94. The minimum absolute atomic E-state index is 0. The predicted octanol–water partition coefficient (Wildman–Crippen LogP) is 0.00990. The van der Waals surface area contributed by atoms with Gasteiger partial charge >= 0.3 is 0 Å². The van der Waals surface area contributed by atoms with E-state index in [2.05, 4.69) is 11.4 Å². The van der Waals surface area contributed by atoms with Crippen LogP contribution >= 0.6 is 0 Å². The molecule has 1 fully saturated rings. The Labute approximate surface area is 138 Å². The number of nitrogens with two attached hydrogens (primary N) is 1. The van der Waals surface area contributed by atoms with Crippen molar-refractivity contribution in [3.8, 4) is 11.3 Å². The highest BCUT2D eigenvalue weighted by Gasteiger charge is 2.18. The Morgan fingerprint density at radius 1 is 1.14 bits per heavy atom. The summed E-state index contributed by atoms with van der Waals surface area (Å²) >= 11 is 0. The van der Waals surface area contributed by atoms with Crippen LogP contribution in [-0.2, 0) is 6.54 Å². The van der Waals surface area contributed by atoms with Crippen molar-refractivity contribution in [2.24, 2.45) is 0 Å². The molecule has 0 spiro atoms. The van der Waals surface area contributed by atoms with Gasteiger partial charge in [0.05, 0.1) is 12.1 Å². The molecule has 0 bridgehead atoms. The predicted molar refractivity (Wildman–Crippen MR) is 82.7 cm³/mol. The first-order chi connectivity index (χ1) is 10.2. The quantitative estimate of drug-likeness (QED) is 0.815. The zero-order chi connectivity index (χ0) is 14.7. The number of halogens is 1. The highest BCUT2D eigenvalue weighted by molar-refractivity contribution is 5.58. The molecule has 1 aliphatic carbocycles. The van der Waals surface area contributed by atoms with Crippen molar-refractivity contribution in [3.05, 3.63) is 47.7 Å². The van der Waals surface area contributed by atoms with Crippen LogP contribution in [0.5, 0.6) is 0 Å². The minimum atomic E-state index is -0.424. The van der Waals surface area contributed by atoms with Crippen molar-refractivity contribution in [2.75, 3.05) is 0 Å². The first-order valence-electron chi connectivity index (χ1n) is 7.93. The number of benzene rings is 1. The van der Waals surface area contributed by atoms with Gasteiger partial charge < -0.3 is 27.2 Å². The van der Waals surface area contributed by atoms with Crippen LogP contribution in [0.4, 0.5) is 0 Å². The molecule has 1 aromatic carbocycles. The lowest BCUT2D eigenvalue weighted by molar-refractivity contribution is -0.704. The highest BCUT2D eigenvalue weighted by atomic mass is 35.5. The van der Waals surface area contributed by atoms with Gasteiger partial charge in [0.2, 0.25) is 0 Å². The lowest BCUT2D eigenvalue weighted by atomic mass is 10.1. The van der Waals surface area contributed by atoms with Gasteiger partial charge in [-0.1, -0.05) is 24.3 Å². The van der Waals surface area contributed by atoms with Gasteiger partial charge in [-0.3, -0.25) is 0 Å². The van der Waals surface area contributed by atoms with E-state index in [0.717, 1.165) is 35.2 Å². The van der Waals surface area contributed by atoms with Crippen LogP contribution in [0.1, 0.15) is 50.0 Å². The summed E-state index contributed by atoms with van der Waals surface area (Å²) in [5, 5.41) is 11.9. The number of hydrogen-bond donors (Lipinski definition) is 2. The van der Waals surface area contributed by atoms with Crippen LogP contribution in [0, 0.1) is 0 Å². The van der Waals surface area contributed by atoms with Gasteiger partial charge in [-0.05, 0) is 50.3 Å². The van der Waals surface area contributed by atoms with Crippen LogP contribution in [0.15, 0.2) is 40.8 Å². The molecule has 1 unspecified atom stereocenters. The Kier molecular flexibility index (Phi) is 6.07. The van der Waals surface area contributed by atoms with Crippen LogP contribution < -0.4 is 17.7 Å². The van der Waals surface area contributed by atoms with Gasteiger partial charge in [0.15, 0.2) is 5.76 Å². The Morgan fingerprint density at radius 2 is 1.82 bits per heavy atom. The van der Waals surface area contributed by atoms with E-state index in [-0.39, 0.29) is 12.4 Å². The maximum absolute atomic E-state index is 9.54. The van der Waals surface area contributed by atoms with E-state index in [1.54, 1.807) is 6.92 Å². The Bertz CT molecular complexity index is 571. The Hall–Kier alpha value is -1.29. The monoisotopic (exact) mass is 321 g/mol. The molecule has 0 aliphatic heterocycles. The summed E-state index contributed by atoms with van der Waals surface area (Å²) in [4.78, 5) is 0. The largest absolute Gasteiger partial charge is 1.00 e. The summed E-state index contributed by atoms with van der Waals surface area (Å²) in [7, 11) is 0. The summed E-state index contributed by atoms with van der Waals surface area (Å²) in [6.45, 7) is 2.70. The van der Waals surface area contributed by atoms with Gasteiger partial charge in [-0.15, -0.1) is 0 Å². The van der Waals surface area contributed by atoms with Gasteiger partial charge in [-0.25, -0.2) is 0 Å². The smallest absolute Gasteiger partial charge is 0.158 e. The van der Waals surface area contributed by atoms with Crippen molar-refractivity contribution in [2.45, 2.75) is 51.3 Å². The van der Waals surface area contributed by atoms with E-state index in [0.29, 0.717) is 0 Å². The number of aliphatic hydroxyl groups excluding tert-OH is 1. The maximum Gasteiger partial charge on any atom is 0.158 e. The van der Waals surface area contributed by atoms with E-state index < -0.39 is 6.10 Å².